The van der Waals surface area contributed by atoms with Crippen LogP contribution in [0.4, 0.5) is 10.5 Å². The highest BCUT2D eigenvalue weighted by Crippen LogP contribution is 2.27. The molecule has 2 N–H and O–H groups in total. The smallest absolute Gasteiger partial charge is 0.319 e. The van der Waals surface area contributed by atoms with Crippen LogP contribution in [-0.2, 0) is 9.53 Å². The molecule has 0 aromatic heterocycles. The standard InChI is InChI=1S/C14H19BrN2O3/c1-4-20-12(18)5-6-17(14(16)19)11-7-9(2)13(15)10(3)8-11/h7-8H,4-6H2,1-3H3,(H2,16,19). The van der Waals surface area contributed by atoms with Crippen molar-refractivity contribution in [1.29, 1.82) is 0 Å². The predicted octanol–water partition coefficient (Wildman–Crippen LogP) is 2.90. The third-order valence-electron chi connectivity index (χ3n) is 2.84. The average molecular weight is 343 g/mol. The van der Waals surface area contributed by atoms with Crippen LogP contribution in [0.5, 0.6) is 0 Å². The number of nitrogens with zero attached hydrogens (tertiary/aromatic N) is 1. The van der Waals surface area contributed by atoms with E-state index >= 15 is 0 Å². The van der Waals surface area contributed by atoms with Gasteiger partial charge >= 0.3 is 12.0 Å². The van der Waals surface area contributed by atoms with E-state index in [1.54, 1.807) is 6.92 Å². The van der Waals surface area contributed by atoms with Crippen molar-refractivity contribution >= 4 is 33.6 Å². The molecule has 0 saturated carbocycles. The number of hydrogen-bond donors (Lipinski definition) is 1. The second-order valence-corrected chi connectivity index (χ2v) is 5.23. The highest BCUT2D eigenvalue weighted by molar-refractivity contribution is 9.10. The van der Waals surface area contributed by atoms with Gasteiger partial charge in [0.2, 0.25) is 0 Å². The normalized spacial score (nSPS) is 10.2. The van der Waals surface area contributed by atoms with Crippen molar-refractivity contribution in [3.8, 4) is 0 Å². The molecule has 1 aromatic carbocycles. The number of benzene rings is 1. The first kappa shape index (κ1) is 16.5. The number of primary amides is 1. The summed E-state index contributed by atoms with van der Waals surface area (Å²) >= 11 is 3.47. The number of aryl methyl sites for hydroxylation is 2. The van der Waals surface area contributed by atoms with E-state index < -0.39 is 6.03 Å². The molecule has 0 aliphatic carbocycles. The molecule has 0 fully saturated rings. The number of rotatable bonds is 5. The molecular formula is C14H19BrN2O3. The maximum atomic E-state index is 11.6. The van der Waals surface area contributed by atoms with Crippen LogP contribution in [-0.4, -0.2) is 25.2 Å². The van der Waals surface area contributed by atoms with Crippen molar-refractivity contribution in [2.24, 2.45) is 5.73 Å². The van der Waals surface area contributed by atoms with E-state index in [1.807, 2.05) is 26.0 Å². The highest BCUT2D eigenvalue weighted by Gasteiger charge is 2.16. The third-order valence-corrected chi connectivity index (χ3v) is 4.09. The Morgan fingerprint density at radius 2 is 1.85 bits per heavy atom. The average Bonchev–Trinajstić information content (AvgIpc) is 2.36. The summed E-state index contributed by atoms with van der Waals surface area (Å²) in [6.07, 6.45) is 0.116. The quantitative estimate of drug-likeness (QED) is 0.836. The Kier molecular flexibility index (Phi) is 6.01. The lowest BCUT2D eigenvalue weighted by Crippen LogP contribution is -2.37. The zero-order chi connectivity index (χ0) is 15.3. The van der Waals surface area contributed by atoms with Crippen LogP contribution in [0.2, 0.25) is 0 Å². The van der Waals surface area contributed by atoms with Crippen LogP contribution < -0.4 is 10.6 Å². The third kappa shape index (κ3) is 4.23. The highest BCUT2D eigenvalue weighted by atomic mass is 79.9. The van der Waals surface area contributed by atoms with Gasteiger partial charge in [-0.1, -0.05) is 15.9 Å². The minimum Gasteiger partial charge on any atom is -0.466 e. The molecule has 0 aliphatic heterocycles. The number of anilines is 1. The maximum absolute atomic E-state index is 11.6. The number of halogens is 1. The van der Waals surface area contributed by atoms with Gasteiger partial charge in [0.1, 0.15) is 0 Å². The minimum atomic E-state index is -0.588. The molecule has 5 nitrogen and oxygen atoms in total. The van der Waals surface area contributed by atoms with Gasteiger partial charge in [-0.05, 0) is 44.0 Å². The van der Waals surface area contributed by atoms with Gasteiger partial charge in [0.25, 0.3) is 0 Å². The van der Waals surface area contributed by atoms with E-state index in [0.717, 1.165) is 15.6 Å². The van der Waals surface area contributed by atoms with E-state index in [9.17, 15) is 9.59 Å². The van der Waals surface area contributed by atoms with Crippen molar-refractivity contribution in [1.82, 2.24) is 0 Å². The van der Waals surface area contributed by atoms with Crippen molar-refractivity contribution in [2.45, 2.75) is 27.2 Å². The summed E-state index contributed by atoms with van der Waals surface area (Å²) in [6.45, 7) is 6.14. The first-order chi connectivity index (χ1) is 9.36. The summed E-state index contributed by atoms with van der Waals surface area (Å²) in [5.74, 6) is -0.343. The molecule has 0 spiro atoms. The Morgan fingerprint density at radius 1 is 1.30 bits per heavy atom. The molecule has 6 heteroatoms. The van der Waals surface area contributed by atoms with Crippen molar-refractivity contribution in [3.05, 3.63) is 27.7 Å². The summed E-state index contributed by atoms with van der Waals surface area (Å²) in [6, 6.07) is 3.12. The Labute approximate surface area is 127 Å². The molecule has 0 aliphatic rings. The lowest BCUT2D eigenvalue weighted by molar-refractivity contribution is -0.142. The second kappa shape index (κ2) is 7.28. The fraction of sp³-hybridized carbons (Fsp3) is 0.429. The van der Waals surface area contributed by atoms with Gasteiger partial charge in [0, 0.05) is 16.7 Å². The molecule has 1 rings (SSSR count). The summed E-state index contributed by atoms with van der Waals surface area (Å²) < 4.78 is 5.85. The van der Waals surface area contributed by atoms with E-state index in [1.165, 1.54) is 4.90 Å². The van der Waals surface area contributed by atoms with Crippen LogP contribution in [0.25, 0.3) is 0 Å². The molecule has 20 heavy (non-hydrogen) atoms. The SMILES string of the molecule is CCOC(=O)CCN(C(N)=O)c1cc(C)c(Br)c(C)c1. The van der Waals surface area contributed by atoms with Crippen LogP contribution in [0.1, 0.15) is 24.5 Å². The zero-order valence-corrected chi connectivity index (χ0v) is 13.5. The Morgan fingerprint density at radius 3 is 2.30 bits per heavy atom. The van der Waals surface area contributed by atoms with Crippen LogP contribution in [0.15, 0.2) is 16.6 Å². The number of hydrogen-bond acceptors (Lipinski definition) is 3. The summed E-state index contributed by atoms with van der Waals surface area (Å²) in [5.41, 5.74) is 8.08. The number of nitrogens with two attached hydrogens (primary N) is 1. The molecule has 0 unspecified atom stereocenters. The molecular weight excluding hydrogens is 324 g/mol. The van der Waals surface area contributed by atoms with Gasteiger partial charge in [0.05, 0.1) is 13.0 Å². The fourth-order valence-electron chi connectivity index (χ4n) is 1.88. The number of amides is 2. The van der Waals surface area contributed by atoms with Gasteiger partial charge in [-0.3, -0.25) is 9.69 Å². The molecule has 2 amide bonds. The van der Waals surface area contributed by atoms with E-state index in [-0.39, 0.29) is 18.9 Å². The molecule has 110 valence electrons. The molecule has 1 aromatic rings. The van der Waals surface area contributed by atoms with E-state index in [0.29, 0.717) is 12.3 Å². The molecule has 0 atom stereocenters. The number of carbonyl (C=O) groups is 2. The minimum absolute atomic E-state index is 0.116. The second-order valence-electron chi connectivity index (χ2n) is 4.44. The van der Waals surface area contributed by atoms with Crippen molar-refractivity contribution in [3.63, 3.8) is 0 Å². The van der Waals surface area contributed by atoms with E-state index in [4.69, 9.17) is 10.5 Å². The number of carbonyl (C=O) groups excluding carboxylic acids is 2. The van der Waals surface area contributed by atoms with Gasteiger partial charge in [-0.15, -0.1) is 0 Å². The largest absolute Gasteiger partial charge is 0.466 e. The Balaban J connectivity index is 2.92. The predicted molar refractivity (Wildman–Crippen MR) is 81.8 cm³/mol. The monoisotopic (exact) mass is 342 g/mol. The first-order valence-corrected chi connectivity index (χ1v) is 7.15. The van der Waals surface area contributed by atoms with Crippen LogP contribution >= 0.6 is 15.9 Å². The van der Waals surface area contributed by atoms with Crippen molar-refractivity contribution in [2.75, 3.05) is 18.1 Å². The molecule has 0 heterocycles. The number of ether oxygens (including phenoxy) is 1. The lowest BCUT2D eigenvalue weighted by atomic mass is 10.1. The Bertz CT molecular complexity index is 494. The lowest BCUT2D eigenvalue weighted by Gasteiger charge is -2.21. The fourth-order valence-corrected chi connectivity index (χ4v) is 2.11. The van der Waals surface area contributed by atoms with E-state index in [2.05, 4.69) is 15.9 Å². The first-order valence-electron chi connectivity index (χ1n) is 6.36. The number of esters is 1. The van der Waals surface area contributed by atoms with Crippen LogP contribution in [0.3, 0.4) is 0 Å². The summed E-state index contributed by atoms with van der Waals surface area (Å²) in [7, 11) is 0. The zero-order valence-electron chi connectivity index (χ0n) is 11.9. The number of urea groups is 1. The van der Waals surface area contributed by atoms with Gasteiger partial charge in [0.15, 0.2) is 0 Å². The van der Waals surface area contributed by atoms with Gasteiger partial charge in [-0.2, -0.15) is 0 Å². The van der Waals surface area contributed by atoms with Gasteiger partial charge in [-0.25, -0.2) is 4.79 Å². The summed E-state index contributed by atoms with van der Waals surface area (Å²) in [5, 5.41) is 0. The maximum Gasteiger partial charge on any atom is 0.319 e. The molecule has 0 saturated heterocycles. The van der Waals surface area contributed by atoms with Crippen molar-refractivity contribution < 1.29 is 14.3 Å². The molecule has 0 radical (unpaired) electrons. The molecule has 0 bridgehead atoms. The Hall–Kier alpha value is -1.56. The van der Waals surface area contributed by atoms with Gasteiger partial charge < -0.3 is 10.5 Å². The topological polar surface area (TPSA) is 72.6 Å². The van der Waals surface area contributed by atoms with Crippen LogP contribution in [0, 0.1) is 13.8 Å². The summed E-state index contributed by atoms with van der Waals surface area (Å²) in [4.78, 5) is 24.3.